The summed E-state index contributed by atoms with van der Waals surface area (Å²) in [4.78, 5) is 15.3. The first-order valence-corrected chi connectivity index (χ1v) is 6.99. The van der Waals surface area contributed by atoms with Crippen LogP contribution in [0.15, 0.2) is 48.7 Å². The largest absolute Gasteiger partial charge is 0.478 e. The maximum Gasteiger partial charge on any atom is 0.335 e. The van der Waals surface area contributed by atoms with E-state index in [2.05, 4.69) is 10.3 Å². The average Bonchev–Trinajstić information content (AvgIpc) is 3.01. The first-order valence-electron chi connectivity index (χ1n) is 6.99. The number of nitrogens with one attached hydrogen (secondary N) is 1. The molecular weight excluding hydrogens is 296 g/mol. The fourth-order valence-corrected chi connectivity index (χ4v) is 2.49. The zero-order valence-electron chi connectivity index (χ0n) is 11.9. The van der Waals surface area contributed by atoms with E-state index >= 15 is 0 Å². The molecule has 114 valence electrons. The van der Waals surface area contributed by atoms with Gasteiger partial charge in [-0.3, -0.25) is 0 Å². The molecule has 2 N–H and O–H groups in total. The summed E-state index contributed by atoms with van der Waals surface area (Å²) in [6.07, 6.45) is 1.71. The summed E-state index contributed by atoms with van der Waals surface area (Å²) in [5.41, 5.74) is 0.998. The second-order valence-corrected chi connectivity index (χ2v) is 5.09. The molecule has 0 unspecified atom stereocenters. The van der Waals surface area contributed by atoms with E-state index < -0.39 is 5.97 Å². The number of benzene rings is 2. The molecule has 0 fully saturated rings. The van der Waals surface area contributed by atoms with E-state index in [1.165, 1.54) is 0 Å². The van der Waals surface area contributed by atoms with E-state index in [9.17, 15) is 4.79 Å². The van der Waals surface area contributed by atoms with E-state index in [1.807, 2.05) is 18.2 Å². The van der Waals surface area contributed by atoms with Crippen LogP contribution in [0.4, 0.5) is 11.5 Å². The Morgan fingerprint density at radius 1 is 1.09 bits per heavy atom. The van der Waals surface area contributed by atoms with Crippen LogP contribution in [0.1, 0.15) is 10.4 Å². The number of fused-ring (bicyclic) bond motifs is 2. The molecule has 0 amide bonds. The fourth-order valence-electron chi connectivity index (χ4n) is 2.49. The number of anilines is 2. The minimum Gasteiger partial charge on any atom is -0.478 e. The molecule has 0 aliphatic carbocycles. The first-order chi connectivity index (χ1) is 11.2. The number of carbonyl (C=O) groups is 1. The lowest BCUT2D eigenvalue weighted by atomic mass is 10.1. The Bertz CT molecular complexity index is 906. The van der Waals surface area contributed by atoms with E-state index in [1.54, 1.807) is 30.5 Å². The molecule has 1 aliphatic heterocycles. The van der Waals surface area contributed by atoms with Crippen LogP contribution in [0.3, 0.4) is 0 Å². The van der Waals surface area contributed by atoms with Gasteiger partial charge in [-0.1, -0.05) is 0 Å². The Hall–Kier alpha value is -3.28. The monoisotopic (exact) mass is 308 g/mol. The van der Waals surface area contributed by atoms with Crippen molar-refractivity contribution in [1.29, 1.82) is 0 Å². The Balaban J connectivity index is 1.72. The van der Waals surface area contributed by atoms with Crippen LogP contribution in [-0.2, 0) is 0 Å². The summed E-state index contributed by atoms with van der Waals surface area (Å²) in [5.74, 6) is 1.13. The first kappa shape index (κ1) is 13.4. The van der Waals surface area contributed by atoms with Crippen molar-refractivity contribution in [1.82, 2.24) is 4.98 Å². The summed E-state index contributed by atoms with van der Waals surface area (Å²) >= 11 is 0. The van der Waals surface area contributed by atoms with Crippen LogP contribution in [0.25, 0.3) is 10.8 Å². The molecule has 0 saturated carbocycles. The quantitative estimate of drug-likeness (QED) is 0.772. The number of aromatic carboxylic acids is 1. The molecule has 0 spiro atoms. The summed E-state index contributed by atoms with van der Waals surface area (Å²) in [6, 6.07) is 12.2. The van der Waals surface area contributed by atoms with Gasteiger partial charge in [0.15, 0.2) is 11.5 Å². The van der Waals surface area contributed by atoms with Gasteiger partial charge in [-0.25, -0.2) is 9.78 Å². The average molecular weight is 308 g/mol. The Kier molecular flexibility index (Phi) is 3.01. The molecule has 1 aliphatic rings. The summed E-state index contributed by atoms with van der Waals surface area (Å²) in [5, 5.41) is 14.0. The van der Waals surface area contributed by atoms with Gasteiger partial charge >= 0.3 is 5.97 Å². The minimum atomic E-state index is -0.951. The standard InChI is InChI=1S/C17H12N2O4/c20-17(21)10-1-3-12(4-2-10)19-16-13-8-15-14(22-9-23-15)7-11(13)5-6-18-16/h1-8H,9H2,(H,18,19)(H,20,21). The summed E-state index contributed by atoms with van der Waals surface area (Å²) < 4.78 is 10.8. The van der Waals surface area contributed by atoms with Gasteiger partial charge in [0.25, 0.3) is 0 Å². The second kappa shape index (κ2) is 5.17. The zero-order valence-corrected chi connectivity index (χ0v) is 11.9. The van der Waals surface area contributed by atoms with Gasteiger partial charge in [0.1, 0.15) is 5.82 Å². The smallest absolute Gasteiger partial charge is 0.335 e. The fraction of sp³-hybridized carbons (Fsp3) is 0.0588. The van der Waals surface area contributed by atoms with Crippen LogP contribution >= 0.6 is 0 Å². The number of carboxylic acid groups (broad SMARTS) is 1. The topological polar surface area (TPSA) is 80.7 Å². The molecule has 6 heteroatoms. The molecule has 6 nitrogen and oxygen atoms in total. The molecule has 0 bridgehead atoms. The number of carboxylic acids is 1. The van der Waals surface area contributed by atoms with Crippen LogP contribution in [0, 0.1) is 0 Å². The molecule has 23 heavy (non-hydrogen) atoms. The number of rotatable bonds is 3. The van der Waals surface area contributed by atoms with Gasteiger partial charge in [0.05, 0.1) is 5.56 Å². The number of aromatic nitrogens is 1. The van der Waals surface area contributed by atoms with Crippen LogP contribution in [0.2, 0.25) is 0 Å². The van der Waals surface area contributed by atoms with Crippen molar-refractivity contribution in [3.05, 3.63) is 54.2 Å². The van der Waals surface area contributed by atoms with Crippen LogP contribution in [-0.4, -0.2) is 22.9 Å². The van der Waals surface area contributed by atoms with Crippen molar-refractivity contribution in [3.63, 3.8) is 0 Å². The number of pyridine rings is 1. The molecule has 2 heterocycles. The predicted molar refractivity (Wildman–Crippen MR) is 84.6 cm³/mol. The molecule has 0 radical (unpaired) electrons. The van der Waals surface area contributed by atoms with Gasteiger partial charge in [-0.15, -0.1) is 0 Å². The van der Waals surface area contributed by atoms with Gasteiger partial charge in [0.2, 0.25) is 6.79 Å². The Morgan fingerprint density at radius 2 is 1.83 bits per heavy atom. The summed E-state index contributed by atoms with van der Waals surface area (Å²) in [7, 11) is 0. The Labute approximate surface area is 131 Å². The second-order valence-electron chi connectivity index (χ2n) is 5.09. The molecule has 0 saturated heterocycles. The lowest BCUT2D eigenvalue weighted by Crippen LogP contribution is -1.98. The highest BCUT2D eigenvalue weighted by Crippen LogP contribution is 2.38. The third kappa shape index (κ3) is 2.40. The third-order valence-electron chi connectivity index (χ3n) is 3.65. The third-order valence-corrected chi connectivity index (χ3v) is 3.65. The van der Waals surface area contributed by atoms with Gasteiger partial charge in [-0.2, -0.15) is 0 Å². The van der Waals surface area contributed by atoms with Crippen molar-refractivity contribution in [3.8, 4) is 11.5 Å². The Morgan fingerprint density at radius 3 is 2.57 bits per heavy atom. The highest BCUT2D eigenvalue weighted by Gasteiger charge is 2.16. The van der Waals surface area contributed by atoms with E-state index in [-0.39, 0.29) is 12.4 Å². The molecule has 4 rings (SSSR count). The SMILES string of the molecule is O=C(O)c1ccc(Nc2nccc3cc4c(cc23)OCO4)cc1. The number of ether oxygens (including phenoxy) is 2. The molecule has 1 aromatic heterocycles. The zero-order chi connectivity index (χ0) is 15.8. The normalized spacial score (nSPS) is 12.3. The van der Waals surface area contributed by atoms with Crippen molar-refractivity contribution in [2.24, 2.45) is 0 Å². The molecular formula is C17H12N2O4. The van der Waals surface area contributed by atoms with Crippen molar-refractivity contribution in [2.45, 2.75) is 0 Å². The maximum absolute atomic E-state index is 10.9. The highest BCUT2D eigenvalue weighted by atomic mass is 16.7. The molecule has 3 aromatic rings. The highest BCUT2D eigenvalue weighted by molar-refractivity contribution is 5.96. The lowest BCUT2D eigenvalue weighted by Gasteiger charge is -2.09. The minimum absolute atomic E-state index is 0.221. The number of hydrogen-bond donors (Lipinski definition) is 2. The van der Waals surface area contributed by atoms with E-state index in [4.69, 9.17) is 14.6 Å². The molecule has 2 aromatic carbocycles. The predicted octanol–water partition coefficient (Wildman–Crippen LogP) is 3.41. The number of nitrogens with zero attached hydrogens (tertiary/aromatic N) is 1. The van der Waals surface area contributed by atoms with Crippen LogP contribution < -0.4 is 14.8 Å². The van der Waals surface area contributed by atoms with E-state index in [0.717, 1.165) is 22.2 Å². The maximum atomic E-state index is 10.9. The van der Waals surface area contributed by atoms with Crippen molar-refractivity contribution >= 4 is 28.2 Å². The van der Waals surface area contributed by atoms with Crippen LogP contribution in [0.5, 0.6) is 11.5 Å². The van der Waals surface area contributed by atoms with Crippen molar-refractivity contribution in [2.75, 3.05) is 12.1 Å². The van der Waals surface area contributed by atoms with E-state index in [0.29, 0.717) is 11.6 Å². The number of hydrogen-bond acceptors (Lipinski definition) is 5. The summed E-state index contributed by atoms with van der Waals surface area (Å²) in [6.45, 7) is 0.221. The van der Waals surface area contributed by atoms with Gasteiger partial charge < -0.3 is 19.9 Å². The molecule has 0 atom stereocenters. The van der Waals surface area contributed by atoms with Gasteiger partial charge in [-0.05, 0) is 47.9 Å². The lowest BCUT2D eigenvalue weighted by molar-refractivity contribution is 0.0697. The van der Waals surface area contributed by atoms with Crippen molar-refractivity contribution < 1.29 is 19.4 Å². The van der Waals surface area contributed by atoms with Gasteiger partial charge in [0, 0.05) is 17.3 Å².